The highest BCUT2D eigenvalue weighted by Gasteiger charge is 2.04. The molecule has 1 aromatic carbocycles. The Hall–Kier alpha value is -1.77. The number of rotatable bonds is 2. The summed E-state index contributed by atoms with van der Waals surface area (Å²) in [6.45, 7) is 0.352. The van der Waals surface area contributed by atoms with Crippen molar-refractivity contribution < 1.29 is 13.9 Å². The van der Waals surface area contributed by atoms with Crippen LogP contribution in [0.15, 0.2) is 34.9 Å². The summed E-state index contributed by atoms with van der Waals surface area (Å²) in [7, 11) is 0. The molecule has 2 aromatic rings. The molecule has 0 bridgehead atoms. The first-order valence-electron chi connectivity index (χ1n) is 3.48. The van der Waals surface area contributed by atoms with E-state index in [2.05, 4.69) is 4.74 Å². The number of hydrogen-bond acceptors (Lipinski definition) is 3. The van der Waals surface area contributed by atoms with E-state index >= 15 is 0 Å². The van der Waals surface area contributed by atoms with Gasteiger partial charge in [0.1, 0.15) is 6.26 Å². The molecule has 1 heterocycles. The predicted octanol–water partition coefficient (Wildman–Crippen LogP) is 1.97. The Morgan fingerprint density at radius 3 is 3.00 bits per heavy atom. The van der Waals surface area contributed by atoms with Crippen LogP contribution in [-0.2, 0) is 4.79 Å². The Morgan fingerprint density at radius 2 is 2.17 bits per heavy atom. The molecule has 1 aromatic heterocycles. The van der Waals surface area contributed by atoms with Crippen molar-refractivity contribution in [3.8, 4) is 5.95 Å². The maximum absolute atomic E-state index is 10.0. The summed E-state index contributed by atoms with van der Waals surface area (Å²) < 4.78 is 9.61. The third-order valence-corrected chi connectivity index (χ3v) is 1.63. The van der Waals surface area contributed by atoms with Crippen molar-refractivity contribution in [3.63, 3.8) is 0 Å². The second kappa shape index (κ2) is 2.70. The lowest BCUT2D eigenvalue weighted by Crippen LogP contribution is -1.85. The van der Waals surface area contributed by atoms with Crippen molar-refractivity contribution >= 4 is 17.2 Å². The normalized spacial score (nSPS) is 10.0. The van der Waals surface area contributed by atoms with E-state index in [9.17, 15) is 4.79 Å². The third-order valence-electron chi connectivity index (χ3n) is 1.63. The monoisotopic (exact) mass is 162 g/mol. The van der Waals surface area contributed by atoms with E-state index in [-0.39, 0.29) is 5.95 Å². The van der Waals surface area contributed by atoms with Crippen molar-refractivity contribution in [3.05, 3.63) is 30.5 Å². The van der Waals surface area contributed by atoms with Gasteiger partial charge in [-0.2, -0.15) is 0 Å². The van der Waals surface area contributed by atoms with E-state index in [1.807, 2.05) is 24.3 Å². The van der Waals surface area contributed by atoms with Crippen molar-refractivity contribution in [2.24, 2.45) is 0 Å². The molecule has 0 fully saturated rings. The van der Waals surface area contributed by atoms with Gasteiger partial charge in [-0.3, -0.25) is 4.79 Å². The molecule has 3 nitrogen and oxygen atoms in total. The number of carbonyl (C=O) groups is 1. The minimum absolute atomic E-state index is 0.251. The lowest BCUT2D eigenvalue weighted by atomic mass is 10.2. The van der Waals surface area contributed by atoms with Crippen LogP contribution in [0.1, 0.15) is 0 Å². The van der Waals surface area contributed by atoms with Gasteiger partial charge in [0.2, 0.25) is 0 Å². The van der Waals surface area contributed by atoms with Crippen molar-refractivity contribution in [2.75, 3.05) is 0 Å². The van der Waals surface area contributed by atoms with Gasteiger partial charge in [0.15, 0.2) is 0 Å². The highest BCUT2D eigenvalue weighted by Crippen LogP contribution is 2.26. The Labute approximate surface area is 68.5 Å². The van der Waals surface area contributed by atoms with E-state index in [1.165, 1.54) is 0 Å². The van der Waals surface area contributed by atoms with Gasteiger partial charge in [0.05, 0.1) is 5.39 Å². The van der Waals surface area contributed by atoms with Gasteiger partial charge in [-0.15, -0.1) is 0 Å². The van der Waals surface area contributed by atoms with Crippen molar-refractivity contribution in [1.82, 2.24) is 0 Å². The molecule has 0 aliphatic carbocycles. The first-order chi connectivity index (χ1) is 5.92. The van der Waals surface area contributed by atoms with E-state index in [0.717, 1.165) is 10.8 Å². The zero-order valence-electron chi connectivity index (χ0n) is 6.19. The van der Waals surface area contributed by atoms with Crippen molar-refractivity contribution in [1.29, 1.82) is 0 Å². The average Bonchev–Trinajstić information content (AvgIpc) is 2.50. The summed E-state index contributed by atoms with van der Waals surface area (Å²) in [5, 5.41) is 1.74. The van der Waals surface area contributed by atoms with E-state index in [1.54, 1.807) is 6.26 Å². The number of furan rings is 1. The van der Waals surface area contributed by atoms with Crippen LogP contribution in [0.4, 0.5) is 0 Å². The smallest absolute Gasteiger partial charge is 0.300 e. The summed E-state index contributed by atoms with van der Waals surface area (Å²) in [5.74, 6) is 0.251. The van der Waals surface area contributed by atoms with Gasteiger partial charge < -0.3 is 9.15 Å². The van der Waals surface area contributed by atoms with Crippen LogP contribution in [0.5, 0.6) is 5.95 Å². The van der Waals surface area contributed by atoms with Gasteiger partial charge in [0, 0.05) is 5.39 Å². The summed E-state index contributed by atoms with van der Waals surface area (Å²) in [4.78, 5) is 10.0. The quantitative estimate of drug-likeness (QED) is 0.633. The van der Waals surface area contributed by atoms with Crippen LogP contribution in [0.25, 0.3) is 10.8 Å². The summed E-state index contributed by atoms with van der Waals surface area (Å²) in [5.41, 5.74) is 0. The fourth-order valence-electron chi connectivity index (χ4n) is 1.10. The van der Waals surface area contributed by atoms with E-state index in [0.29, 0.717) is 6.47 Å². The van der Waals surface area contributed by atoms with Crippen LogP contribution in [-0.4, -0.2) is 6.47 Å². The number of hydrogen-bond donors (Lipinski definition) is 0. The van der Waals surface area contributed by atoms with Crippen LogP contribution < -0.4 is 4.74 Å². The minimum Gasteiger partial charge on any atom is -0.433 e. The topological polar surface area (TPSA) is 39.4 Å². The van der Waals surface area contributed by atoms with Gasteiger partial charge >= 0.3 is 6.47 Å². The molecule has 60 valence electrons. The maximum atomic E-state index is 10.0. The number of carbonyl (C=O) groups excluding carboxylic acids is 1. The molecule has 0 radical (unpaired) electrons. The second-order valence-corrected chi connectivity index (χ2v) is 2.32. The summed E-state index contributed by atoms with van der Waals surface area (Å²) in [6.07, 6.45) is 1.55. The fourth-order valence-corrected chi connectivity index (χ4v) is 1.10. The third kappa shape index (κ3) is 0.955. The molecule has 2 rings (SSSR count). The van der Waals surface area contributed by atoms with Gasteiger partial charge in [-0.1, -0.05) is 18.2 Å². The van der Waals surface area contributed by atoms with Gasteiger partial charge in [-0.05, 0) is 6.07 Å². The Bertz CT molecular complexity index is 403. The molecule has 0 saturated heterocycles. The largest absolute Gasteiger partial charge is 0.433 e. The van der Waals surface area contributed by atoms with Gasteiger partial charge in [0.25, 0.3) is 5.95 Å². The molecule has 0 saturated carbocycles. The number of ether oxygens (including phenoxy) is 1. The van der Waals surface area contributed by atoms with E-state index in [4.69, 9.17) is 4.42 Å². The molecular formula is C9H6O3. The number of benzene rings is 1. The van der Waals surface area contributed by atoms with Crippen LogP contribution in [0, 0.1) is 0 Å². The zero-order chi connectivity index (χ0) is 8.39. The molecular weight excluding hydrogens is 156 g/mol. The fraction of sp³-hybridized carbons (Fsp3) is 0. The van der Waals surface area contributed by atoms with Crippen LogP contribution in [0.3, 0.4) is 0 Å². The SMILES string of the molecule is O=COc1occ2ccccc12. The molecule has 0 aliphatic rings. The minimum atomic E-state index is 0.251. The van der Waals surface area contributed by atoms with Crippen LogP contribution in [0.2, 0.25) is 0 Å². The molecule has 0 aliphatic heterocycles. The van der Waals surface area contributed by atoms with Gasteiger partial charge in [-0.25, -0.2) is 0 Å². The lowest BCUT2D eigenvalue weighted by molar-refractivity contribution is -0.121. The standard InChI is InChI=1S/C9H6O3/c10-6-12-9-8-4-2-1-3-7(8)5-11-9/h1-6H. The Morgan fingerprint density at radius 1 is 1.33 bits per heavy atom. The highest BCUT2D eigenvalue weighted by atomic mass is 16.6. The molecule has 0 atom stereocenters. The maximum Gasteiger partial charge on any atom is 0.300 e. The first-order valence-corrected chi connectivity index (χ1v) is 3.48. The second-order valence-electron chi connectivity index (χ2n) is 2.32. The zero-order valence-corrected chi connectivity index (χ0v) is 6.19. The molecule has 0 N–H and O–H groups in total. The summed E-state index contributed by atoms with van der Waals surface area (Å²) in [6, 6.07) is 7.46. The average molecular weight is 162 g/mol. The highest BCUT2D eigenvalue weighted by molar-refractivity contribution is 5.86. The molecule has 0 amide bonds. The molecule has 0 spiro atoms. The number of fused-ring (bicyclic) bond motifs is 1. The Balaban J connectivity index is 2.62. The Kier molecular flexibility index (Phi) is 1.55. The van der Waals surface area contributed by atoms with Crippen molar-refractivity contribution in [2.45, 2.75) is 0 Å². The van der Waals surface area contributed by atoms with Crippen LogP contribution >= 0.6 is 0 Å². The molecule has 0 unspecified atom stereocenters. The first kappa shape index (κ1) is 6.91. The summed E-state index contributed by atoms with van der Waals surface area (Å²) >= 11 is 0. The predicted molar refractivity (Wildman–Crippen MR) is 42.9 cm³/mol. The van der Waals surface area contributed by atoms with E-state index < -0.39 is 0 Å². The molecule has 12 heavy (non-hydrogen) atoms. The lowest BCUT2D eigenvalue weighted by Gasteiger charge is -1.90. The molecule has 3 heteroatoms.